The first-order chi connectivity index (χ1) is 18.3. The van der Waals surface area contributed by atoms with Gasteiger partial charge in [0.2, 0.25) is 11.8 Å². The Morgan fingerprint density at radius 2 is 1.84 bits per heavy atom. The molecular formula is C28H26N4O5S. The molecule has 5 rings (SSSR count). The molecule has 0 aliphatic carbocycles. The van der Waals surface area contributed by atoms with Gasteiger partial charge in [0.05, 0.1) is 23.6 Å². The molecule has 0 radical (unpaired) electrons. The Balaban J connectivity index is 1.50. The maximum absolute atomic E-state index is 13.6. The van der Waals surface area contributed by atoms with Crippen LogP contribution in [0.25, 0.3) is 16.5 Å². The average molecular weight is 531 g/mol. The lowest BCUT2D eigenvalue weighted by molar-refractivity contribution is -0.122. The normalized spacial score (nSPS) is 15.2. The number of carbonyl (C=O) groups excluding carboxylic acids is 3. The molecule has 4 aromatic rings. The van der Waals surface area contributed by atoms with E-state index in [0.717, 1.165) is 32.8 Å². The van der Waals surface area contributed by atoms with Gasteiger partial charge in [-0.1, -0.05) is 29.8 Å². The standard InChI is InChI=1S/C28H26N4O5S/c1-4-37-28(36)24-21-15-38-26(23(21)27(35)32(30-24)20-7-5-6-17(3)12-20)29-25(34)18-13-22(33)31(14-18)19-10-8-16(2)9-11-19/h5-12,15,18H,4,13-14H2,1-3H3,(H,29,34). The highest BCUT2D eigenvalue weighted by atomic mass is 32.1. The number of aromatic nitrogens is 2. The van der Waals surface area contributed by atoms with E-state index in [1.54, 1.807) is 35.4 Å². The van der Waals surface area contributed by atoms with Gasteiger partial charge in [-0.2, -0.15) is 9.78 Å². The van der Waals surface area contributed by atoms with Crippen LogP contribution < -0.4 is 15.8 Å². The third-order valence-corrected chi connectivity index (χ3v) is 7.34. The maximum Gasteiger partial charge on any atom is 0.359 e. The van der Waals surface area contributed by atoms with Gasteiger partial charge in [0.1, 0.15) is 5.00 Å². The van der Waals surface area contributed by atoms with Crippen molar-refractivity contribution < 1.29 is 19.1 Å². The zero-order valence-corrected chi connectivity index (χ0v) is 22.0. The van der Waals surface area contributed by atoms with Crippen LogP contribution in [-0.4, -0.2) is 40.7 Å². The topological polar surface area (TPSA) is 111 Å². The maximum atomic E-state index is 13.6. The fourth-order valence-corrected chi connectivity index (χ4v) is 5.44. The minimum atomic E-state index is -0.662. The molecule has 1 aliphatic heterocycles. The lowest BCUT2D eigenvalue weighted by Gasteiger charge is -2.17. The Morgan fingerprint density at radius 1 is 1.08 bits per heavy atom. The highest BCUT2D eigenvalue weighted by Gasteiger charge is 2.36. The molecule has 0 saturated carbocycles. The number of hydrogen-bond acceptors (Lipinski definition) is 7. The summed E-state index contributed by atoms with van der Waals surface area (Å²) in [6, 6.07) is 14.7. The summed E-state index contributed by atoms with van der Waals surface area (Å²) in [6.45, 7) is 5.92. The summed E-state index contributed by atoms with van der Waals surface area (Å²) in [5, 5.41) is 9.57. The van der Waals surface area contributed by atoms with Crippen molar-refractivity contribution in [3.63, 3.8) is 0 Å². The Hall–Kier alpha value is -4.31. The van der Waals surface area contributed by atoms with Gasteiger partial charge in [-0.05, 0) is 50.6 Å². The van der Waals surface area contributed by atoms with E-state index in [-0.39, 0.29) is 42.5 Å². The van der Waals surface area contributed by atoms with Crippen molar-refractivity contribution in [2.45, 2.75) is 27.2 Å². The lowest BCUT2D eigenvalue weighted by atomic mass is 10.1. The van der Waals surface area contributed by atoms with Gasteiger partial charge in [0, 0.05) is 29.4 Å². The smallest absolute Gasteiger partial charge is 0.359 e. The van der Waals surface area contributed by atoms with Gasteiger partial charge in [-0.25, -0.2) is 4.79 Å². The number of thiophene rings is 1. The molecule has 2 amide bonds. The third-order valence-electron chi connectivity index (χ3n) is 6.45. The van der Waals surface area contributed by atoms with Crippen LogP contribution >= 0.6 is 11.3 Å². The van der Waals surface area contributed by atoms with E-state index in [1.807, 2.05) is 44.2 Å². The highest BCUT2D eigenvalue weighted by Crippen LogP contribution is 2.32. The quantitative estimate of drug-likeness (QED) is 0.374. The number of nitrogens with zero attached hydrogens (tertiary/aromatic N) is 3. The summed E-state index contributed by atoms with van der Waals surface area (Å²) >= 11 is 1.13. The lowest BCUT2D eigenvalue weighted by Crippen LogP contribution is -2.29. The number of ether oxygens (including phenoxy) is 1. The Bertz CT molecular complexity index is 1620. The molecule has 1 atom stereocenters. The number of carbonyl (C=O) groups is 3. The zero-order chi connectivity index (χ0) is 27.0. The van der Waals surface area contributed by atoms with Gasteiger partial charge >= 0.3 is 5.97 Å². The average Bonchev–Trinajstić information content (AvgIpc) is 3.49. The first-order valence-electron chi connectivity index (χ1n) is 12.2. The van der Waals surface area contributed by atoms with Crippen LogP contribution in [0.3, 0.4) is 0 Å². The van der Waals surface area contributed by atoms with Crippen LogP contribution in [0.4, 0.5) is 10.7 Å². The van der Waals surface area contributed by atoms with Crippen molar-refractivity contribution in [2.24, 2.45) is 5.92 Å². The number of fused-ring (bicyclic) bond motifs is 1. The van der Waals surface area contributed by atoms with Crippen LogP contribution in [0.15, 0.2) is 58.7 Å². The highest BCUT2D eigenvalue weighted by molar-refractivity contribution is 7.16. The van der Waals surface area contributed by atoms with Crippen LogP contribution in [-0.2, 0) is 14.3 Å². The molecule has 3 heterocycles. The summed E-state index contributed by atoms with van der Waals surface area (Å²) in [6.07, 6.45) is 0.0617. The molecule has 2 aromatic carbocycles. The second kappa shape index (κ2) is 10.2. The number of hydrogen-bond donors (Lipinski definition) is 1. The molecule has 1 saturated heterocycles. The predicted octanol–water partition coefficient (Wildman–Crippen LogP) is 4.23. The number of benzene rings is 2. The monoisotopic (exact) mass is 530 g/mol. The minimum absolute atomic E-state index is 0.0127. The molecule has 0 spiro atoms. The number of amides is 2. The van der Waals surface area contributed by atoms with E-state index >= 15 is 0 Å². The van der Waals surface area contributed by atoms with Crippen molar-refractivity contribution in [3.05, 3.63) is 81.1 Å². The number of nitrogens with one attached hydrogen (secondary N) is 1. The first-order valence-corrected chi connectivity index (χ1v) is 13.1. The molecule has 1 N–H and O–H groups in total. The molecule has 1 fully saturated rings. The van der Waals surface area contributed by atoms with Gasteiger partial charge in [0.15, 0.2) is 5.69 Å². The van der Waals surface area contributed by atoms with Gasteiger partial charge in [0.25, 0.3) is 5.56 Å². The van der Waals surface area contributed by atoms with Crippen LogP contribution in [0.2, 0.25) is 0 Å². The molecule has 1 unspecified atom stereocenters. The summed E-state index contributed by atoms with van der Waals surface area (Å²) in [5.74, 6) is -1.76. The van der Waals surface area contributed by atoms with Gasteiger partial charge in [-0.15, -0.1) is 11.3 Å². The minimum Gasteiger partial charge on any atom is -0.461 e. The van der Waals surface area contributed by atoms with Gasteiger partial charge in [-0.3, -0.25) is 14.4 Å². The number of anilines is 2. The van der Waals surface area contributed by atoms with Crippen LogP contribution in [0.5, 0.6) is 0 Å². The van der Waals surface area contributed by atoms with Crippen molar-refractivity contribution in [3.8, 4) is 5.69 Å². The largest absolute Gasteiger partial charge is 0.461 e. The molecule has 38 heavy (non-hydrogen) atoms. The molecule has 1 aliphatic rings. The molecule has 0 bridgehead atoms. The van der Waals surface area contributed by atoms with E-state index in [4.69, 9.17) is 4.74 Å². The van der Waals surface area contributed by atoms with E-state index in [9.17, 15) is 19.2 Å². The van der Waals surface area contributed by atoms with E-state index < -0.39 is 17.4 Å². The Kier molecular flexibility index (Phi) is 6.81. The number of esters is 1. The van der Waals surface area contributed by atoms with E-state index in [2.05, 4.69) is 10.4 Å². The fraction of sp³-hybridized carbons (Fsp3) is 0.250. The second-order valence-electron chi connectivity index (χ2n) is 9.21. The van der Waals surface area contributed by atoms with Crippen molar-refractivity contribution >= 4 is 50.6 Å². The molecule has 9 nitrogen and oxygen atoms in total. The SMILES string of the molecule is CCOC(=O)c1nn(-c2cccc(C)c2)c(=O)c2c(NC(=O)C3CC(=O)N(c4ccc(C)cc4)C3)scc12. The molecule has 194 valence electrons. The number of aryl methyl sites for hydroxylation is 2. The van der Waals surface area contributed by atoms with E-state index in [1.165, 1.54) is 0 Å². The summed E-state index contributed by atoms with van der Waals surface area (Å²) in [4.78, 5) is 53.9. The Labute approximate surface area is 222 Å². The zero-order valence-electron chi connectivity index (χ0n) is 21.2. The molecule has 2 aromatic heterocycles. The van der Waals surface area contributed by atoms with Crippen LogP contribution in [0, 0.1) is 19.8 Å². The van der Waals surface area contributed by atoms with Crippen molar-refractivity contribution in [1.29, 1.82) is 0 Å². The summed E-state index contributed by atoms with van der Waals surface area (Å²) in [5.41, 5.74) is 2.73. The van der Waals surface area contributed by atoms with E-state index in [0.29, 0.717) is 16.1 Å². The Morgan fingerprint density at radius 3 is 2.55 bits per heavy atom. The predicted molar refractivity (Wildman–Crippen MR) is 146 cm³/mol. The van der Waals surface area contributed by atoms with Crippen molar-refractivity contribution in [2.75, 3.05) is 23.4 Å². The van der Waals surface area contributed by atoms with Crippen LogP contribution in [0.1, 0.15) is 35.0 Å². The molecular weight excluding hydrogens is 504 g/mol. The second-order valence-corrected chi connectivity index (χ2v) is 10.1. The third kappa shape index (κ3) is 4.70. The fourth-order valence-electron chi connectivity index (χ4n) is 4.50. The summed E-state index contributed by atoms with van der Waals surface area (Å²) < 4.78 is 6.35. The first kappa shape index (κ1) is 25.3. The number of rotatable bonds is 6. The summed E-state index contributed by atoms with van der Waals surface area (Å²) in [7, 11) is 0. The van der Waals surface area contributed by atoms with Crippen molar-refractivity contribution in [1.82, 2.24) is 9.78 Å². The molecule has 10 heteroatoms. The van der Waals surface area contributed by atoms with Gasteiger partial charge < -0.3 is 15.0 Å².